The Morgan fingerprint density at radius 2 is 1.07 bits per heavy atom. The fourth-order valence-corrected chi connectivity index (χ4v) is 11.2. The summed E-state index contributed by atoms with van der Waals surface area (Å²) in [5.74, 6) is -0.726. The van der Waals surface area contributed by atoms with E-state index in [0.29, 0.717) is 24.1 Å². The van der Waals surface area contributed by atoms with Gasteiger partial charge in [-0.3, -0.25) is 28.9 Å². The Hall–Kier alpha value is -9.59. The molecule has 8 aromatic heterocycles. The first-order valence-electron chi connectivity index (χ1n) is 26.1. The molecule has 0 bridgehead atoms. The summed E-state index contributed by atoms with van der Waals surface area (Å²) in [6.07, 6.45) is 6.03. The van der Waals surface area contributed by atoms with Crippen molar-refractivity contribution >= 4 is 45.8 Å². The van der Waals surface area contributed by atoms with Crippen molar-refractivity contribution in [2.45, 2.75) is 86.7 Å². The molecule has 13 N–H and O–H groups in total. The third-order valence-corrected chi connectivity index (χ3v) is 15.2. The van der Waals surface area contributed by atoms with Gasteiger partial charge in [0.1, 0.15) is 42.6 Å². The Balaban J connectivity index is 0.814. The first-order chi connectivity index (χ1) is 39.7. The Morgan fingerprint density at radius 3 is 1.57 bits per heavy atom. The van der Waals surface area contributed by atoms with Gasteiger partial charge in [0, 0.05) is 6.61 Å². The van der Waals surface area contributed by atoms with E-state index in [1.807, 2.05) is 60.7 Å². The standard InChI is InChI=1S/C52H55N19O11/c72-20-28(11-26-7-3-1-4-8-26)13-30-39-46(68(24-57-39)31-14-33(43(78)41(31)76)70-37(74)16-53-51(70)81)64-48(60-30)66-18-35(55-22-66)61-50(80)62-36-19-67(23-56-36)49-63-45(59-29(21-73)12-27-9-5-2-6-10-27)40-47(65-49)69(25-58-40)32-15-34(44(79)42(32)77)71-38(75)17-54-52(71)82/h1-10,16-19,22-25,28-29,31-34,41-44,72-79H,11-15,20-21H2,(H,53,81)(H,54,82)(H,59,63,65)(H2,61,62,80)/t28-,29+,31-,32-,33+,34+,41+,42+,43-,44-/m1/s1. The summed E-state index contributed by atoms with van der Waals surface area (Å²) in [5.41, 5.74) is 2.08. The number of aromatic nitrogens is 16. The van der Waals surface area contributed by atoms with Gasteiger partial charge in [-0.1, -0.05) is 60.7 Å². The summed E-state index contributed by atoms with van der Waals surface area (Å²) in [6.45, 7) is -0.488. The number of rotatable bonds is 18. The molecule has 2 fully saturated rings. The number of aromatic amines is 2. The van der Waals surface area contributed by atoms with Gasteiger partial charge in [0.15, 0.2) is 34.3 Å². The number of amides is 2. The maximum absolute atomic E-state index is 13.6. The number of hydrogen-bond acceptors (Lipinski definition) is 20. The molecule has 82 heavy (non-hydrogen) atoms. The van der Waals surface area contributed by atoms with E-state index in [1.165, 1.54) is 46.8 Å². The summed E-state index contributed by atoms with van der Waals surface area (Å²) < 4.78 is 7.96. The van der Waals surface area contributed by atoms with Crippen LogP contribution in [0.5, 0.6) is 11.8 Å². The number of urea groups is 1. The lowest BCUT2D eigenvalue weighted by molar-refractivity contribution is 0.00763. The molecule has 30 nitrogen and oxygen atoms in total. The van der Waals surface area contributed by atoms with Crippen LogP contribution in [0.3, 0.4) is 0 Å². The summed E-state index contributed by atoms with van der Waals surface area (Å²) in [7, 11) is 0. The number of aromatic hydroxyl groups is 2. The summed E-state index contributed by atoms with van der Waals surface area (Å²) in [5, 5.41) is 95.9. The SMILES string of the molecule is O=C(Nc1cn(-c2nc(C[C@H](CO)Cc3ccccc3)c3ncn([C@@H]4C[C@H](n5c(O)c[nH]c5=O)[C@@H](O)[C@H]4O)c3n2)cn1)Nc1cn(-c2nc(N[C@H](CO)Cc3ccccc3)c3ncn([C@@H]4C[C@H](n5c(O)c[nH]c5=O)[C@@H](O)[C@H]4O)c3n2)cn1. The first-order valence-corrected chi connectivity index (χ1v) is 26.1. The van der Waals surface area contributed by atoms with E-state index in [-0.39, 0.29) is 84.6 Å². The Morgan fingerprint density at radius 1 is 0.585 bits per heavy atom. The lowest BCUT2D eigenvalue weighted by atomic mass is 9.95. The molecule has 0 aliphatic heterocycles. The molecule has 0 spiro atoms. The highest BCUT2D eigenvalue weighted by molar-refractivity contribution is 5.98. The van der Waals surface area contributed by atoms with E-state index < -0.39 is 83.8 Å². The number of carbonyl (C=O) groups excluding carboxylic acids is 1. The van der Waals surface area contributed by atoms with Crippen LogP contribution in [-0.4, -0.2) is 168 Å². The van der Waals surface area contributed by atoms with Crippen LogP contribution < -0.4 is 27.3 Å². The average molecular weight is 1120 g/mol. The highest BCUT2D eigenvalue weighted by atomic mass is 16.3. The molecule has 10 atom stereocenters. The van der Waals surface area contributed by atoms with Crippen molar-refractivity contribution in [3.8, 4) is 23.7 Å². The van der Waals surface area contributed by atoms with Gasteiger partial charge in [0.25, 0.3) is 0 Å². The maximum atomic E-state index is 13.6. The fourth-order valence-electron chi connectivity index (χ4n) is 11.2. The van der Waals surface area contributed by atoms with Crippen molar-refractivity contribution in [2.75, 3.05) is 29.2 Å². The minimum absolute atomic E-state index is 0.00536. The molecule has 10 aromatic rings. The Labute approximate surface area is 461 Å². The van der Waals surface area contributed by atoms with Crippen molar-refractivity contribution in [3.05, 3.63) is 149 Å². The van der Waals surface area contributed by atoms with Gasteiger partial charge in [-0.25, -0.2) is 39.3 Å². The van der Waals surface area contributed by atoms with E-state index in [2.05, 4.69) is 45.9 Å². The van der Waals surface area contributed by atoms with Gasteiger partial charge < -0.3 is 65.3 Å². The topological polar surface area (TPSA) is 413 Å². The number of anilines is 3. The normalized spacial score (nSPS) is 21.6. The van der Waals surface area contributed by atoms with Gasteiger partial charge in [-0.15, -0.1) is 0 Å². The smallest absolute Gasteiger partial charge is 0.328 e. The van der Waals surface area contributed by atoms with Crippen LogP contribution in [0, 0.1) is 5.92 Å². The molecule has 30 heteroatoms. The average Bonchev–Trinajstić information content (AvgIpc) is 4.54. The second-order valence-electron chi connectivity index (χ2n) is 20.4. The second-order valence-corrected chi connectivity index (χ2v) is 20.4. The highest BCUT2D eigenvalue weighted by Gasteiger charge is 2.47. The van der Waals surface area contributed by atoms with E-state index in [9.17, 15) is 55.2 Å². The van der Waals surface area contributed by atoms with Crippen LogP contribution in [0.1, 0.15) is 53.8 Å². The number of nitrogens with zero attached hydrogens (tertiary/aromatic N) is 14. The van der Waals surface area contributed by atoms with Gasteiger partial charge >= 0.3 is 17.4 Å². The van der Waals surface area contributed by atoms with Crippen molar-refractivity contribution in [1.29, 1.82) is 0 Å². The van der Waals surface area contributed by atoms with Crippen LogP contribution >= 0.6 is 0 Å². The van der Waals surface area contributed by atoms with Crippen LogP contribution in [0.15, 0.2) is 120 Å². The summed E-state index contributed by atoms with van der Waals surface area (Å²) >= 11 is 0. The monoisotopic (exact) mass is 1120 g/mol. The van der Waals surface area contributed by atoms with Crippen LogP contribution in [0.2, 0.25) is 0 Å². The number of fused-ring (bicyclic) bond motifs is 2. The molecule has 2 amide bonds. The molecule has 2 aromatic carbocycles. The molecule has 0 radical (unpaired) electrons. The molecule has 0 unspecified atom stereocenters. The molecule has 0 saturated heterocycles. The zero-order valence-electron chi connectivity index (χ0n) is 43.2. The number of hydrogen-bond donors (Lipinski definition) is 13. The van der Waals surface area contributed by atoms with Crippen molar-refractivity contribution in [3.63, 3.8) is 0 Å². The summed E-state index contributed by atoms with van der Waals surface area (Å²) in [6, 6.07) is 14.0. The third-order valence-electron chi connectivity index (χ3n) is 15.2. The fraction of sp³-hybridized carbons (Fsp3) is 0.327. The largest absolute Gasteiger partial charge is 0.493 e. The predicted octanol–water partition coefficient (Wildman–Crippen LogP) is 0.597. The number of H-pyrrole nitrogens is 2. The molecular formula is C52H55N19O11. The minimum Gasteiger partial charge on any atom is -0.493 e. The van der Waals surface area contributed by atoms with Crippen LogP contribution in [-0.2, 0) is 19.3 Å². The molecule has 424 valence electrons. The quantitative estimate of drug-likeness (QED) is 0.0559. The van der Waals surface area contributed by atoms with Gasteiger partial charge in [0.2, 0.25) is 23.7 Å². The number of aliphatic hydroxyl groups is 6. The lowest BCUT2D eigenvalue weighted by Gasteiger charge is -2.20. The van der Waals surface area contributed by atoms with Crippen molar-refractivity contribution < 1.29 is 45.6 Å². The molecule has 2 aliphatic rings. The Bertz CT molecular complexity index is 3780. The number of benzene rings is 2. The van der Waals surface area contributed by atoms with Gasteiger partial charge in [-0.05, 0) is 49.1 Å². The van der Waals surface area contributed by atoms with E-state index in [0.717, 1.165) is 32.7 Å². The van der Waals surface area contributed by atoms with Gasteiger partial charge in [-0.2, -0.15) is 15.0 Å². The summed E-state index contributed by atoms with van der Waals surface area (Å²) in [4.78, 5) is 80.9. The van der Waals surface area contributed by atoms with Crippen molar-refractivity contribution in [2.24, 2.45) is 5.92 Å². The zero-order chi connectivity index (χ0) is 56.9. The van der Waals surface area contributed by atoms with Crippen molar-refractivity contribution in [1.82, 2.24) is 77.2 Å². The van der Waals surface area contributed by atoms with E-state index >= 15 is 0 Å². The lowest BCUT2D eigenvalue weighted by Crippen LogP contribution is -2.33. The molecule has 12 rings (SSSR count). The highest BCUT2D eigenvalue weighted by Crippen LogP contribution is 2.42. The number of nitrogens with one attached hydrogen (secondary N) is 5. The van der Waals surface area contributed by atoms with Crippen LogP contribution in [0.25, 0.3) is 34.2 Å². The molecule has 8 heterocycles. The minimum atomic E-state index is -1.47. The Kier molecular flexibility index (Phi) is 14.1. The number of aliphatic hydroxyl groups excluding tert-OH is 6. The third kappa shape index (κ3) is 9.97. The molecular weight excluding hydrogens is 1070 g/mol. The predicted molar refractivity (Wildman–Crippen MR) is 289 cm³/mol. The van der Waals surface area contributed by atoms with E-state index in [4.69, 9.17) is 19.9 Å². The number of imidazole rings is 6. The molecule has 2 aliphatic carbocycles. The van der Waals surface area contributed by atoms with Crippen LogP contribution in [0.4, 0.5) is 22.2 Å². The first kappa shape index (κ1) is 53.1. The van der Waals surface area contributed by atoms with E-state index in [1.54, 1.807) is 9.13 Å². The van der Waals surface area contributed by atoms with Gasteiger partial charge in [0.05, 0.1) is 80.0 Å². The molecule has 2 saturated carbocycles. The number of carbonyl (C=O) groups is 1. The zero-order valence-corrected chi connectivity index (χ0v) is 43.2. The second kappa shape index (κ2) is 21.8. The maximum Gasteiger partial charge on any atom is 0.328 e.